The summed E-state index contributed by atoms with van der Waals surface area (Å²) in [6.45, 7) is 1.89. The van der Waals surface area contributed by atoms with Crippen LogP contribution in [0.1, 0.15) is 32.3 Å². The zero-order valence-electron chi connectivity index (χ0n) is 25.0. The molecule has 5 aromatic rings. The molecule has 0 aliphatic heterocycles. The van der Waals surface area contributed by atoms with Crippen LogP contribution in [0.25, 0.3) is 6.08 Å². The van der Waals surface area contributed by atoms with E-state index in [-0.39, 0.29) is 22.2 Å². The van der Waals surface area contributed by atoms with Crippen molar-refractivity contribution < 1.29 is 18.8 Å². The number of thioether (sulfide) groups is 1. The maximum atomic E-state index is 14.6. The minimum atomic E-state index is -0.688. The van der Waals surface area contributed by atoms with E-state index in [0.29, 0.717) is 22.0 Å². The van der Waals surface area contributed by atoms with Crippen molar-refractivity contribution >= 4 is 70.1 Å². The van der Waals surface area contributed by atoms with E-state index in [1.165, 1.54) is 36.0 Å². The maximum Gasteiger partial charge on any atom is 0.272 e. The Hall–Kier alpha value is -4.89. The highest BCUT2D eigenvalue weighted by atomic mass is 35.5. The number of rotatable bonds is 10. The summed E-state index contributed by atoms with van der Waals surface area (Å²) in [6, 6.07) is 34.1. The second kappa shape index (κ2) is 15.6. The molecule has 3 amide bonds. The quantitative estimate of drug-likeness (QED) is 0.101. The Morgan fingerprint density at radius 1 is 0.745 bits per heavy atom. The van der Waals surface area contributed by atoms with E-state index in [2.05, 4.69) is 16.0 Å². The van der Waals surface area contributed by atoms with Gasteiger partial charge in [-0.15, -0.1) is 11.8 Å². The molecule has 10 heteroatoms. The smallest absolute Gasteiger partial charge is 0.272 e. The van der Waals surface area contributed by atoms with Crippen LogP contribution < -0.4 is 16.0 Å². The van der Waals surface area contributed by atoms with Crippen LogP contribution in [0.2, 0.25) is 10.0 Å². The third kappa shape index (κ3) is 8.89. The predicted molar refractivity (Wildman–Crippen MR) is 188 cm³/mol. The molecule has 0 aromatic heterocycles. The first-order valence-corrected chi connectivity index (χ1v) is 16.0. The Kier molecular flexibility index (Phi) is 11.1. The molecule has 0 aliphatic rings. The number of hydrogen-bond donors (Lipinski definition) is 3. The van der Waals surface area contributed by atoms with Crippen molar-refractivity contribution in [3.63, 3.8) is 0 Å². The van der Waals surface area contributed by atoms with Crippen LogP contribution in [0.15, 0.2) is 132 Å². The third-order valence-electron chi connectivity index (χ3n) is 6.96. The van der Waals surface area contributed by atoms with Gasteiger partial charge in [-0.3, -0.25) is 14.4 Å². The van der Waals surface area contributed by atoms with E-state index >= 15 is 0 Å². The Morgan fingerprint density at radius 3 is 2.06 bits per heavy atom. The first-order valence-electron chi connectivity index (χ1n) is 14.4. The van der Waals surface area contributed by atoms with Gasteiger partial charge in [-0.25, -0.2) is 4.39 Å². The number of hydrogen-bond acceptors (Lipinski definition) is 4. The van der Waals surface area contributed by atoms with E-state index in [0.717, 1.165) is 16.0 Å². The molecule has 5 rings (SSSR count). The lowest BCUT2D eigenvalue weighted by molar-refractivity contribution is -0.116. The second-order valence-electron chi connectivity index (χ2n) is 10.4. The number of carbonyl (C=O) groups excluding carboxylic acids is 3. The first kappa shape index (κ1) is 33.5. The predicted octanol–water partition coefficient (Wildman–Crippen LogP) is 9.32. The molecule has 0 saturated carbocycles. The normalized spacial score (nSPS) is 11.8. The van der Waals surface area contributed by atoms with E-state index < -0.39 is 22.9 Å². The fourth-order valence-electron chi connectivity index (χ4n) is 4.47. The van der Waals surface area contributed by atoms with E-state index in [1.54, 1.807) is 66.7 Å². The highest BCUT2D eigenvalue weighted by Gasteiger charge is 2.23. The lowest BCUT2D eigenvalue weighted by atomic mass is 10.1. The van der Waals surface area contributed by atoms with Crippen LogP contribution in [-0.4, -0.2) is 17.7 Å². The molecule has 0 saturated heterocycles. The maximum absolute atomic E-state index is 14.6. The Balaban J connectivity index is 1.35. The van der Waals surface area contributed by atoms with Crippen molar-refractivity contribution in [2.24, 2.45) is 0 Å². The molecule has 236 valence electrons. The zero-order valence-corrected chi connectivity index (χ0v) is 27.3. The van der Waals surface area contributed by atoms with Crippen LogP contribution in [0, 0.1) is 12.7 Å². The standard InChI is InChI=1S/C37H28Cl2FN3O3S/c1-23-15-16-27(21-31(23)39)42-37(46)34(24-9-4-2-5-10-24)47-28-19-17-26(18-20-28)41-36(45)33(22-29-30(38)13-8-14-32(29)40)43-35(44)25-11-6-3-7-12-25/h2-22,34H,1H3,(H,41,45)(H,42,46)(H,43,44)/b33-22-. The molecule has 5 aromatic carbocycles. The largest absolute Gasteiger partial charge is 0.325 e. The minimum absolute atomic E-state index is 0.0439. The molecule has 3 N–H and O–H groups in total. The van der Waals surface area contributed by atoms with Gasteiger partial charge in [0.05, 0.1) is 5.02 Å². The van der Waals surface area contributed by atoms with Gasteiger partial charge < -0.3 is 16.0 Å². The van der Waals surface area contributed by atoms with Crippen LogP contribution in [0.4, 0.5) is 15.8 Å². The number of aryl methyl sites for hydroxylation is 1. The van der Waals surface area contributed by atoms with Crippen molar-refractivity contribution in [2.45, 2.75) is 17.1 Å². The first-order chi connectivity index (χ1) is 22.7. The number of anilines is 2. The van der Waals surface area contributed by atoms with Gasteiger partial charge in [0.25, 0.3) is 11.8 Å². The molecule has 0 bridgehead atoms. The van der Waals surface area contributed by atoms with Crippen molar-refractivity contribution in [2.75, 3.05) is 10.6 Å². The molecule has 0 spiro atoms. The van der Waals surface area contributed by atoms with Gasteiger partial charge in [-0.05, 0) is 84.8 Å². The Bertz CT molecular complexity index is 1920. The summed E-state index contributed by atoms with van der Waals surface area (Å²) in [6.07, 6.45) is 1.20. The topological polar surface area (TPSA) is 87.3 Å². The molecule has 1 unspecified atom stereocenters. The molecular formula is C37H28Cl2FN3O3S. The second-order valence-corrected chi connectivity index (χ2v) is 12.3. The molecular weight excluding hydrogens is 656 g/mol. The van der Waals surface area contributed by atoms with Crippen molar-refractivity contribution in [1.29, 1.82) is 0 Å². The number of amides is 3. The van der Waals surface area contributed by atoms with Crippen LogP contribution >= 0.6 is 35.0 Å². The number of halogens is 3. The monoisotopic (exact) mass is 683 g/mol. The van der Waals surface area contributed by atoms with Crippen molar-refractivity contribution in [3.8, 4) is 0 Å². The zero-order chi connectivity index (χ0) is 33.3. The number of carbonyl (C=O) groups is 3. The fourth-order valence-corrected chi connectivity index (χ4v) is 5.89. The Morgan fingerprint density at radius 2 is 1.40 bits per heavy atom. The molecule has 0 heterocycles. The number of benzene rings is 5. The van der Waals surface area contributed by atoms with Gasteiger partial charge in [-0.1, -0.05) is 83.9 Å². The van der Waals surface area contributed by atoms with Crippen LogP contribution in [-0.2, 0) is 9.59 Å². The average Bonchev–Trinajstić information content (AvgIpc) is 3.08. The van der Waals surface area contributed by atoms with Crippen LogP contribution in [0.3, 0.4) is 0 Å². The number of nitrogens with one attached hydrogen (secondary N) is 3. The van der Waals surface area contributed by atoms with Gasteiger partial charge in [0.15, 0.2) is 0 Å². The van der Waals surface area contributed by atoms with Gasteiger partial charge in [0.1, 0.15) is 16.8 Å². The molecule has 0 fully saturated rings. The highest BCUT2D eigenvalue weighted by molar-refractivity contribution is 8.00. The van der Waals surface area contributed by atoms with Crippen molar-refractivity contribution in [3.05, 3.63) is 165 Å². The lowest BCUT2D eigenvalue weighted by Crippen LogP contribution is -2.30. The van der Waals surface area contributed by atoms with Gasteiger partial charge in [-0.2, -0.15) is 0 Å². The average molecular weight is 685 g/mol. The summed E-state index contributed by atoms with van der Waals surface area (Å²) in [7, 11) is 0. The molecule has 0 aliphatic carbocycles. The summed E-state index contributed by atoms with van der Waals surface area (Å²) >= 11 is 13.8. The van der Waals surface area contributed by atoms with E-state index in [1.807, 2.05) is 43.3 Å². The van der Waals surface area contributed by atoms with Gasteiger partial charge in [0, 0.05) is 32.4 Å². The van der Waals surface area contributed by atoms with E-state index in [4.69, 9.17) is 23.2 Å². The van der Waals surface area contributed by atoms with Gasteiger partial charge >= 0.3 is 0 Å². The SMILES string of the molecule is Cc1ccc(NC(=O)C(Sc2ccc(NC(=O)/C(=C/c3c(F)cccc3Cl)NC(=O)c3ccccc3)cc2)c2ccccc2)cc1Cl. The molecule has 0 radical (unpaired) electrons. The summed E-state index contributed by atoms with van der Waals surface area (Å²) in [5.74, 6) is -2.12. The highest BCUT2D eigenvalue weighted by Crippen LogP contribution is 2.37. The van der Waals surface area contributed by atoms with Crippen LogP contribution in [0.5, 0.6) is 0 Å². The fraction of sp³-hybridized carbons (Fsp3) is 0.0541. The summed E-state index contributed by atoms with van der Waals surface area (Å²) in [4.78, 5) is 40.6. The molecule has 47 heavy (non-hydrogen) atoms. The summed E-state index contributed by atoms with van der Waals surface area (Å²) < 4.78 is 14.6. The molecule has 6 nitrogen and oxygen atoms in total. The van der Waals surface area contributed by atoms with E-state index in [9.17, 15) is 18.8 Å². The summed E-state index contributed by atoms with van der Waals surface area (Å²) in [5.41, 5.74) is 2.77. The summed E-state index contributed by atoms with van der Waals surface area (Å²) in [5, 5.41) is 8.32. The van der Waals surface area contributed by atoms with Crippen molar-refractivity contribution in [1.82, 2.24) is 5.32 Å². The van der Waals surface area contributed by atoms with Gasteiger partial charge in [0.2, 0.25) is 5.91 Å². The Labute approximate surface area is 286 Å². The molecule has 1 atom stereocenters. The third-order valence-corrected chi connectivity index (χ3v) is 8.97. The lowest BCUT2D eigenvalue weighted by Gasteiger charge is -2.18. The minimum Gasteiger partial charge on any atom is -0.325 e.